The third-order valence-corrected chi connectivity index (χ3v) is 3.54. The topological polar surface area (TPSA) is 61.8 Å². The monoisotopic (exact) mass is 269 g/mol. The summed E-state index contributed by atoms with van der Waals surface area (Å²) in [6.45, 7) is 2.07. The molecule has 0 spiro atoms. The van der Waals surface area contributed by atoms with E-state index in [1.54, 1.807) is 11.8 Å². The molecular weight excluding hydrogens is 254 g/mol. The summed E-state index contributed by atoms with van der Waals surface area (Å²) in [5, 5.41) is 12.6. The van der Waals surface area contributed by atoms with Gasteiger partial charge in [-0.05, 0) is 36.1 Å². The van der Waals surface area contributed by atoms with Crippen LogP contribution in [0.2, 0.25) is 0 Å². The minimum absolute atomic E-state index is 0.678. The van der Waals surface area contributed by atoms with E-state index in [2.05, 4.69) is 18.3 Å². The van der Waals surface area contributed by atoms with Crippen molar-refractivity contribution < 1.29 is 0 Å². The number of nitrogens with one attached hydrogen (secondary N) is 1. The van der Waals surface area contributed by atoms with Gasteiger partial charge < -0.3 is 11.1 Å². The highest BCUT2D eigenvalue weighted by Crippen LogP contribution is 2.30. The molecule has 0 radical (unpaired) electrons. The highest BCUT2D eigenvalue weighted by Gasteiger charge is 2.08. The lowest BCUT2D eigenvalue weighted by Gasteiger charge is -2.11. The molecule has 19 heavy (non-hydrogen) atoms. The average Bonchev–Trinajstić information content (AvgIpc) is 2.39. The molecule has 0 aromatic heterocycles. The Hall–Kier alpha value is -2.12. The van der Waals surface area contributed by atoms with Gasteiger partial charge in [0.1, 0.15) is 6.07 Å². The second-order valence-corrected chi connectivity index (χ2v) is 5.28. The molecule has 0 fully saturated rings. The Bertz CT molecular complexity index is 617. The quantitative estimate of drug-likeness (QED) is 0.650. The van der Waals surface area contributed by atoms with Crippen LogP contribution in [0.15, 0.2) is 47.4 Å². The number of nitrogen functional groups attached to an aromatic ring is 1. The van der Waals surface area contributed by atoms with Gasteiger partial charge >= 0.3 is 0 Å². The van der Waals surface area contributed by atoms with Crippen LogP contribution in [0.1, 0.15) is 12.5 Å². The van der Waals surface area contributed by atoms with Crippen LogP contribution in [-0.2, 0) is 0 Å². The SMILES string of the molecule is CCSc1cccc(Nc2cccc(N)c2)c1C#N. The number of benzene rings is 2. The molecule has 0 saturated heterocycles. The van der Waals surface area contributed by atoms with Gasteiger partial charge in [-0.15, -0.1) is 11.8 Å². The maximum atomic E-state index is 9.33. The molecule has 0 bridgehead atoms. The van der Waals surface area contributed by atoms with Gasteiger partial charge in [-0.25, -0.2) is 0 Å². The van der Waals surface area contributed by atoms with Crippen LogP contribution < -0.4 is 11.1 Å². The molecule has 3 nitrogen and oxygen atoms in total. The summed E-state index contributed by atoms with van der Waals surface area (Å²) in [6, 6.07) is 15.6. The van der Waals surface area contributed by atoms with Crippen LogP contribution in [-0.4, -0.2) is 5.75 Å². The van der Waals surface area contributed by atoms with E-state index in [-0.39, 0.29) is 0 Å². The maximum Gasteiger partial charge on any atom is 0.103 e. The molecule has 0 heterocycles. The first kappa shape index (κ1) is 13.3. The van der Waals surface area contributed by atoms with Gasteiger partial charge in [0.25, 0.3) is 0 Å². The predicted molar refractivity (Wildman–Crippen MR) is 81.7 cm³/mol. The Morgan fingerprint density at radius 1 is 1.26 bits per heavy atom. The largest absolute Gasteiger partial charge is 0.399 e. The fourth-order valence-electron chi connectivity index (χ4n) is 1.80. The van der Waals surface area contributed by atoms with Crippen LogP contribution >= 0.6 is 11.8 Å². The van der Waals surface area contributed by atoms with Crippen LogP contribution in [0.3, 0.4) is 0 Å². The van der Waals surface area contributed by atoms with Gasteiger partial charge in [-0.3, -0.25) is 0 Å². The van der Waals surface area contributed by atoms with E-state index >= 15 is 0 Å². The number of nitriles is 1. The van der Waals surface area contributed by atoms with Gasteiger partial charge in [0.15, 0.2) is 0 Å². The molecule has 0 saturated carbocycles. The van der Waals surface area contributed by atoms with Crippen molar-refractivity contribution in [1.82, 2.24) is 0 Å². The van der Waals surface area contributed by atoms with Crippen molar-refractivity contribution in [3.63, 3.8) is 0 Å². The lowest BCUT2D eigenvalue weighted by Crippen LogP contribution is -1.96. The van der Waals surface area contributed by atoms with Crippen molar-refractivity contribution in [1.29, 1.82) is 5.26 Å². The van der Waals surface area contributed by atoms with Gasteiger partial charge in [0, 0.05) is 16.3 Å². The summed E-state index contributed by atoms with van der Waals surface area (Å²) in [7, 11) is 0. The molecule has 0 unspecified atom stereocenters. The van der Waals surface area contributed by atoms with Gasteiger partial charge in [-0.1, -0.05) is 19.1 Å². The number of nitrogens with zero attached hydrogens (tertiary/aromatic N) is 1. The molecule has 4 heteroatoms. The molecule has 3 N–H and O–H groups in total. The van der Waals surface area contributed by atoms with E-state index in [4.69, 9.17) is 5.73 Å². The predicted octanol–water partition coefficient (Wildman–Crippen LogP) is 4.00. The summed E-state index contributed by atoms with van der Waals surface area (Å²) in [5.41, 5.74) is 8.82. The molecule has 0 atom stereocenters. The normalized spacial score (nSPS) is 9.89. The zero-order chi connectivity index (χ0) is 13.7. The number of thioether (sulfide) groups is 1. The molecule has 2 aromatic carbocycles. The smallest absolute Gasteiger partial charge is 0.103 e. The Labute approximate surface area is 117 Å². The van der Waals surface area contributed by atoms with Gasteiger partial charge in [-0.2, -0.15) is 5.26 Å². The van der Waals surface area contributed by atoms with Crippen molar-refractivity contribution in [2.75, 3.05) is 16.8 Å². The van der Waals surface area contributed by atoms with Gasteiger partial charge in [0.05, 0.1) is 11.3 Å². The lowest BCUT2D eigenvalue weighted by molar-refractivity contribution is 1.35. The summed E-state index contributed by atoms with van der Waals surface area (Å²) in [6.07, 6.45) is 0. The first-order chi connectivity index (χ1) is 9.24. The molecule has 0 aliphatic carbocycles. The molecule has 2 rings (SSSR count). The maximum absolute atomic E-state index is 9.33. The fraction of sp³-hybridized carbons (Fsp3) is 0.133. The zero-order valence-electron chi connectivity index (χ0n) is 10.7. The second-order valence-electron chi connectivity index (χ2n) is 3.97. The minimum Gasteiger partial charge on any atom is -0.399 e. The highest BCUT2D eigenvalue weighted by atomic mass is 32.2. The van der Waals surface area contributed by atoms with Crippen LogP contribution in [0.4, 0.5) is 17.1 Å². The summed E-state index contributed by atoms with van der Waals surface area (Å²) in [4.78, 5) is 0.999. The van der Waals surface area contributed by atoms with Crippen molar-refractivity contribution in [3.05, 3.63) is 48.0 Å². The van der Waals surface area contributed by atoms with E-state index in [0.29, 0.717) is 11.3 Å². The van der Waals surface area contributed by atoms with E-state index < -0.39 is 0 Å². The van der Waals surface area contributed by atoms with E-state index in [0.717, 1.165) is 22.0 Å². The third-order valence-electron chi connectivity index (χ3n) is 2.60. The number of nitrogens with two attached hydrogens (primary N) is 1. The average molecular weight is 269 g/mol. The first-order valence-corrected chi connectivity index (χ1v) is 7.01. The van der Waals surface area contributed by atoms with Crippen LogP contribution in [0.5, 0.6) is 0 Å². The highest BCUT2D eigenvalue weighted by molar-refractivity contribution is 7.99. The van der Waals surface area contributed by atoms with E-state index in [9.17, 15) is 5.26 Å². The molecule has 96 valence electrons. The number of anilines is 3. The first-order valence-electron chi connectivity index (χ1n) is 6.03. The number of hydrogen-bond donors (Lipinski definition) is 2. The fourth-order valence-corrected chi connectivity index (χ4v) is 2.58. The Morgan fingerprint density at radius 2 is 2.05 bits per heavy atom. The van der Waals surface area contributed by atoms with E-state index in [1.165, 1.54) is 0 Å². The molecule has 0 amide bonds. The Morgan fingerprint density at radius 3 is 2.74 bits per heavy atom. The van der Waals surface area contributed by atoms with E-state index in [1.807, 2.05) is 42.5 Å². The molecule has 2 aromatic rings. The second kappa shape index (κ2) is 6.17. The Kier molecular flexibility index (Phi) is 4.32. The third kappa shape index (κ3) is 3.21. The molecule has 0 aliphatic heterocycles. The zero-order valence-corrected chi connectivity index (χ0v) is 11.5. The number of hydrogen-bond acceptors (Lipinski definition) is 4. The van der Waals surface area contributed by atoms with Gasteiger partial charge in [0.2, 0.25) is 0 Å². The molecular formula is C15H15N3S. The molecule has 0 aliphatic rings. The van der Waals surface area contributed by atoms with Crippen LogP contribution in [0, 0.1) is 11.3 Å². The summed E-state index contributed by atoms with van der Waals surface area (Å²) < 4.78 is 0. The lowest BCUT2D eigenvalue weighted by atomic mass is 10.2. The minimum atomic E-state index is 0.678. The number of rotatable bonds is 4. The van der Waals surface area contributed by atoms with Crippen molar-refractivity contribution in [2.45, 2.75) is 11.8 Å². The standard InChI is InChI=1S/C15H15N3S/c1-2-19-15-8-4-7-14(13(15)10-16)18-12-6-3-5-11(17)9-12/h3-9,18H,2,17H2,1H3. The van der Waals surface area contributed by atoms with Crippen LogP contribution in [0.25, 0.3) is 0 Å². The summed E-state index contributed by atoms with van der Waals surface area (Å²) >= 11 is 1.67. The van der Waals surface area contributed by atoms with Crippen molar-refractivity contribution in [3.8, 4) is 6.07 Å². The van der Waals surface area contributed by atoms with Crippen molar-refractivity contribution in [2.24, 2.45) is 0 Å². The van der Waals surface area contributed by atoms with Crippen molar-refractivity contribution >= 4 is 28.8 Å². The summed E-state index contributed by atoms with van der Waals surface area (Å²) in [5.74, 6) is 0.941. The Balaban J connectivity index is 2.35.